The van der Waals surface area contributed by atoms with E-state index in [4.69, 9.17) is 11.6 Å². The second kappa shape index (κ2) is 8.84. The summed E-state index contributed by atoms with van der Waals surface area (Å²) >= 11 is 7.45. The van der Waals surface area contributed by atoms with Gasteiger partial charge in [-0.15, -0.1) is 11.3 Å². The maximum absolute atomic E-state index is 13.1. The first-order valence-electron chi connectivity index (χ1n) is 8.57. The van der Waals surface area contributed by atoms with Crippen LogP contribution in [0.2, 0.25) is 4.34 Å². The smallest absolute Gasteiger partial charge is 0.256 e. The van der Waals surface area contributed by atoms with Crippen LogP contribution in [0.15, 0.2) is 66.7 Å². The van der Waals surface area contributed by atoms with Gasteiger partial charge in [-0.2, -0.15) is 0 Å². The van der Waals surface area contributed by atoms with E-state index in [0.717, 1.165) is 4.88 Å². The third kappa shape index (κ3) is 4.76. The molecule has 3 aromatic rings. The summed E-state index contributed by atoms with van der Waals surface area (Å²) in [5.74, 6) is -0.380. The normalized spacial score (nSPS) is 10.4. The largest absolute Gasteiger partial charge is 0.334 e. The van der Waals surface area contributed by atoms with Crippen molar-refractivity contribution in [2.75, 3.05) is 11.9 Å². The fraction of sp³-hybridized carbons (Fsp3) is 0.143. The van der Waals surface area contributed by atoms with E-state index in [1.807, 2.05) is 25.1 Å². The minimum absolute atomic E-state index is 0.133. The molecule has 1 heterocycles. The molecule has 2 amide bonds. The lowest BCUT2D eigenvalue weighted by molar-refractivity contribution is 0.0755. The van der Waals surface area contributed by atoms with Gasteiger partial charge in [0.1, 0.15) is 0 Å². The lowest BCUT2D eigenvalue weighted by Crippen LogP contribution is -2.31. The van der Waals surface area contributed by atoms with Crippen molar-refractivity contribution in [3.8, 4) is 0 Å². The van der Waals surface area contributed by atoms with Crippen LogP contribution in [0.4, 0.5) is 5.69 Å². The number of para-hydroxylation sites is 1. The molecule has 138 valence electrons. The van der Waals surface area contributed by atoms with Crippen molar-refractivity contribution in [3.63, 3.8) is 0 Å². The third-order valence-corrected chi connectivity index (χ3v) is 5.30. The Hall–Kier alpha value is -2.63. The maximum Gasteiger partial charge on any atom is 0.256 e. The van der Waals surface area contributed by atoms with Crippen molar-refractivity contribution in [1.82, 2.24) is 4.90 Å². The monoisotopic (exact) mass is 398 g/mol. The summed E-state index contributed by atoms with van der Waals surface area (Å²) in [4.78, 5) is 28.3. The fourth-order valence-corrected chi connectivity index (χ4v) is 3.79. The van der Waals surface area contributed by atoms with Crippen LogP contribution in [0.3, 0.4) is 0 Å². The molecule has 0 aliphatic heterocycles. The Bertz CT molecular complexity index is 940. The van der Waals surface area contributed by atoms with Gasteiger partial charge in [-0.1, -0.05) is 41.9 Å². The van der Waals surface area contributed by atoms with Crippen LogP contribution in [-0.2, 0) is 6.54 Å². The number of nitrogens with zero attached hydrogens (tertiary/aromatic N) is 1. The van der Waals surface area contributed by atoms with Gasteiger partial charge in [-0.05, 0) is 43.3 Å². The Labute approximate surface area is 167 Å². The summed E-state index contributed by atoms with van der Waals surface area (Å²) in [5, 5.41) is 2.85. The topological polar surface area (TPSA) is 49.4 Å². The average molecular weight is 399 g/mol. The predicted octanol–water partition coefficient (Wildman–Crippen LogP) is 5.32. The molecule has 6 heteroatoms. The Balaban J connectivity index is 1.81. The summed E-state index contributed by atoms with van der Waals surface area (Å²) < 4.78 is 0.698. The molecule has 27 heavy (non-hydrogen) atoms. The summed E-state index contributed by atoms with van der Waals surface area (Å²) in [6.07, 6.45) is 0. The number of hydrogen-bond donors (Lipinski definition) is 1. The standard InChI is InChI=1S/C21H19ClN2O2S/c1-2-24(14-16-12-13-19(22)27-16)21(26)17-10-6-7-11-18(17)23-20(25)15-8-4-3-5-9-15/h3-13H,2,14H2,1H3,(H,23,25). The Morgan fingerprint density at radius 3 is 2.37 bits per heavy atom. The number of thiophene rings is 1. The van der Waals surface area contributed by atoms with Gasteiger partial charge < -0.3 is 10.2 Å². The molecule has 4 nitrogen and oxygen atoms in total. The van der Waals surface area contributed by atoms with Gasteiger partial charge in [-0.3, -0.25) is 9.59 Å². The molecular weight excluding hydrogens is 380 g/mol. The molecule has 3 rings (SSSR count). The van der Waals surface area contributed by atoms with Gasteiger partial charge in [0, 0.05) is 17.0 Å². The van der Waals surface area contributed by atoms with Crippen LogP contribution in [0.5, 0.6) is 0 Å². The lowest BCUT2D eigenvalue weighted by atomic mass is 10.1. The molecule has 0 saturated carbocycles. The van der Waals surface area contributed by atoms with E-state index in [2.05, 4.69) is 5.32 Å². The summed E-state index contributed by atoms with van der Waals surface area (Å²) in [6.45, 7) is 2.96. The number of anilines is 1. The van der Waals surface area contributed by atoms with Crippen molar-refractivity contribution < 1.29 is 9.59 Å². The Kier molecular flexibility index (Phi) is 6.27. The molecule has 2 aromatic carbocycles. The van der Waals surface area contributed by atoms with Crippen molar-refractivity contribution in [1.29, 1.82) is 0 Å². The minimum Gasteiger partial charge on any atom is -0.334 e. The van der Waals surface area contributed by atoms with Gasteiger partial charge >= 0.3 is 0 Å². The van der Waals surface area contributed by atoms with Crippen LogP contribution >= 0.6 is 22.9 Å². The highest BCUT2D eigenvalue weighted by Gasteiger charge is 2.19. The quantitative estimate of drug-likeness (QED) is 0.611. The first-order chi connectivity index (χ1) is 13.1. The molecule has 1 aromatic heterocycles. The summed E-state index contributed by atoms with van der Waals surface area (Å²) in [7, 11) is 0. The zero-order valence-corrected chi connectivity index (χ0v) is 16.4. The zero-order chi connectivity index (χ0) is 19.2. The lowest BCUT2D eigenvalue weighted by Gasteiger charge is -2.22. The second-order valence-corrected chi connectivity index (χ2v) is 7.69. The first kappa shape index (κ1) is 19.1. The van der Waals surface area contributed by atoms with Gasteiger partial charge in [-0.25, -0.2) is 0 Å². The van der Waals surface area contributed by atoms with Gasteiger partial charge in [0.25, 0.3) is 11.8 Å². The number of halogens is 1. The molecule has 0 spiro atoms. The molecule has 1 N–H and O–H groups in total. The van der Waals surface area contributed by atoms with E-state index in [1.165, 1.54) is 11.3 Å². The SMILES string of the molecule is CCN(Cc1ccc(Cl)s1)C(=O)c1ccccc1NC(=O)c1ccccc1. The second-order valence-electron chi connectivity index (χ2n) is 5.89. The van der Waals surface area contributed by atoms with Crippen molar-refractivity contribution >= 4 is 40.4 Å². The first-order valence-corrected chi connectivity index (χ1v) is 9.77. The molecule has 0 bridgehead atoms. The van der Waals surface area contributed by atoms with Crippen molar-refractivity contribution in [3.05, 3.63) is 87.1 Å². The average Bonchev–Trinajstić information content (AvgIpc) is 3.11. The van der Waals surface area contributed by atoms with Gasteiger partial charge in [0.2, 0.25) is 0 Å². The number of carbonyl (C=O) groups excluding carboxylic acids is 2. The highest BCUT2D eigenvalue weighted by Crippen LogP contribution is 2.24. The third-order valence-electron chi connectivity index (χ3n) is 4.09. The highest BCUT2D eigenvalue weighted by molar-refractivity contribution is 7.16. The molecule has 0 fully saturated rings. The van der Waals surface area contributed by atoms with E-state index in [1.54, 1.807) is 53.4 Å². The van der Waals surface area contributed by atoms with Gasteiger partial charge in [0.05, 0.1) is 22.1 Å². The number of nitrogens with one attached hydrogen (secondary N) is 1. The molecule has 0 radical (unpaired) electrons. The zero-order valence-electron chi connectivity index (χ0n) is 14.8. The highest BCUT2D eigenvalue weighted by atomic mass is 35.5. The van der Waals surface area contributed by atoms with E-state index in [9.17, 15) is 9.59 Å². The molecule has 0 aliphatic rings. The van der Waals surface area contributed by atoms with Gasteiger partial charge in [0.15, 0.2) is 0 Å². The van der Waals surface area contributed by atoms with Crippen LogP contribution in [0, 0.1) is 0 Å². The summed E-state index contributed by atoms with van der Waals surface area (Å²) in [6, 6.07) is 19.7. The summed E-state index contributed by atoms with van der Waals surface area (Å²) in [5.41, 5.74) is 1.51. The molecule has 0 atom stereocenters. The van der Waals surface area contributed by atoms with E-state index >= 15 is 0 Å². The molecule has 0 unspecified atom stereocenters. The van der Waals surface area contributed by atoms with Crippen LogP contribution < -0.4 is 5.32 Å². The Morgan fingerprint density at radius 2 is 1.70 bits per heavy atom. The van der Waals surface area contributed by atoms with Crippen molar-refractivity contribution in [2.45, 2.75) is 13.5 Å². The molecule has 0 saturated heterocycles. The minimum atomic E-state index is -0.246. The Morgan fingerprint density at radius 1 is 1.00 bits per heavy atom. The fourth-order valence-electron chi connectivity index (χ4n) is 2.69. The number of amides is 2. The van der Waals surface area contributed by atoms with E-state index < -0.39 is 0 Å². The van der Waals surface area contributed by atoms with E-state index in [-0.39, 0.29) is 11.8 Å². The number of rotatable bonds is 6. The van der Waals surface area contributed by atoms with Crippen LogP contribution in [0.1, 0.15) is 32.5 Å². The number of carbonyl (C=O) groups is 2. The van der Waals surface area contributed by atoms with Crippen LogP contribution in [-0.4, -0.2) is 23.3 Å². The molecule has 0 aliphatic carbocycles. The number of benzene rings is 2. The molecular formula is C21H19ClN2O2S. The predicted molar refractivity (Wildman–Crippen MR) is 111 cm³/mol. The number of hydrogen-bond acceptors (Lipinski definition) is 3. The van der Waals surface area contributed by atoms with Crippen LogP contribution in [0.25, 0.3) is 0 Å². The van der Waals surface area contributed by atoms with Crippen molar-refractivity contribution in [2.24, 2.45) is 0 Å². The maximum atomic E-state index is 13.1. The van der Waals surface area contributed by atoms with E-state index in [0.29, 0.717) is 34.2 Å².